The number of thiophene rings is 1. The van der Waals surface area contributed by atoms with Crippen molar-refractivity contribution in [2.45, 2.75) is 25.9 Å². The minimum absolute atomic E-state index is 0.801. The van der Waals surface area contributed by atoms with E-state index in [1.165, 1.54) is 36.4 Å². The zero-order chi connectivity index (χ0) is 13.8. The third-order valence-corrected chi connectivity index (χ3v) is 4.73. The van der Waals surface area contributed by atoms with E-state index in [2.05, 4.69) is 34.5 Å². The first-order valence-corrected chi connectivity index (χ1v) is 8.06. The first kappa shape index (κ1) is 13.5. The van der Waals surface area contributed by atoms with Gasteiger partial charge in [-0.15, -0.1) is 11.3 Å². The lowest BCUT2D eigenvalue weighted by Gasteiger charge is -2.15. The van der Waals surface area contributed by atoms with Crippen LogP contribution in [0, 0.1) is 0 Å². The van der Waals surface area contributed by atoms with E-state index in [1.54, 1.807) is 11.3 Å². The highest BCUT2D eigenvalue weighted by Gasteiger charge is 2.11. The number of nitrogens with two attached hydrogens (primary N) is 1. The number of nitrogen functional groups attached to an aromatic ring is 1. The van der Waals surface area contributed by atoms with Crippen molar-refractivity contribution in [2.24, 2.45) is 0 Å². The number of likely N-dealkylation sites (tertiary alicyclic amines) is 1. The molecule has 0 unspecified atom stereocenters. The summed E-state index contributed by atoms with van der Waals surface area (Å²) in [6.07, 6.45) is 2.70. The molecule has 0 amide bonds. The van der Waals surface area contributed by atoms with Gasteiger partial charge in [0, 0.05) is 22.8 Å². The molecule has 0 spiro atoms. The van der Waals surface area contributed by atoms with E-state index < -0.39 is 0 Å². The number of anilines is 2. The second kappa shape index (κ2) is 6.29. The monoisotopic (exact) mass is 287 g/mol. The molecular formula is C16H21N3S. The van der Waals surface area contributed by atoms with E-state index in [4.69, 9.17) is 5.73 Å². The highest BCUT2D eigenvalue weighted by atomic mass is 32.1. The van der Waals surface area contributed by atoms with Crippen molar-refractivity contribution in [1.82, 2.24) is 4.90 Å². The van der Waals surface area contributed by atoms with Crippen molar-refractivity contribution in [3.63, 3.8) is 0 Å². The predicted octanol–water partition coefficient (Wildman–Crippen LogP) is 3.54. The standard InChI is InChI=1S/C16H21N3S/c17-15-7-10-20-16(15)11-18-14-5-3-13(4-6-14)12-19-8-1-2-9-19/h3-7,10,18H,1-2,8-9,11-12,17H2. The Morgan fingerprint density at radius 3 is 2.50 bits per heavy atom. The first-order valence-electron chi connectivity index (χ1n) is 7.18. The van der Waals surface area contributed by atoms with Gasteiger partial charge in [-0.3, -0.25) is 4.90 Å². The van der Waals surface area contributed by atoms with Crippen LogP contribution in [0.5, 0.6) is 0 Å². The fraction of sp³-hybridized carbons (Fsp3) is 0.375. The fourth-order valence-corrected chi connectivity index (χ4v) is 3.34. The summed E-state index contributed by atoms with van der Waals surface area (Å²) in [6.45, 7) is 4.38. The molecule has 3 N–H and O–H groups in total. The number of benzene rings is 1. The molecule has 1 saturated heterocycles. The second-order valence-corrected chi connectivity index (χ2v) is 6.33. The molecule has 3 nitrogen and oxygen atoms in total. The van der Waals surface area contributed by atoms with Crippen molar-refractivity contribution in [3.8, 4) is 0 Å². The third-order valence-electron chi connectivity index (χ3n) is 3.79. The molecule has 1 aromatic heterocycles. The van der Waals surface area contributed by atoms with Crippen LogP contribution in [-0.4, -0.2) is 18.0 Å². The molecule has 2 aromatic rings. The molecular weight excluding hydrogens is 266 g/mol. The van der Waals surface area contributed by atoms with Crippen molar-refractivity contribution < 1.29 is 0 Å². The summed E-state index contributed by atoms with van der Waals surface area (Å²) in [4.78, 5) is 3.72. The summed E-state index contributed by atoms with van der Waals surface area (Å²) in [5, 5.41) is 5.46. The van der Waals surface area contributed by atoms with E-state index in [9.17, 15) is 0 Å². The topological polar surface area (TPSA) is 41.3 Å². The zero-order valence-electron chi connectivity index (χ0n) is 11.6. The molecule has 106 valence electrons. The van der Waals surface area contributed by atoms with Crippen molar-refractivity contribution in [2.75, 3.05) is 24.1 Å². The normalized spacial score (nSPS) is 15.6. The average molecular weight is 287 g/mol. The lowest BCUT2D eigenvalue weighted by molar-refractivity contribution is 0.331. The van der Waals surface area contributed by atoms with Gasteiger partial charge in [0.25, 0.3) is 0 Å². The van der Waals surface area contributed by atoms with Gasteiger partial charge < -0.3 is 11.1 Å². The van der Waals surface area contributed by atoms with Gasteiger partial charge in [-0.2, -0.15) is 0 Å². The minimum Gasteiger partial charge on any atom is -0.398 e. The van der Waals surface area contributed by atoms with Crippen LogP contribution in [0.25, 0.3) is 0 Å². The Hall–Kier alpha value is -1.52. The lowest BCUT2D eigenvalue weighted by Crippen LogP contribution is -2.18. The number of nitrogens with one attached hydrogen (secondary N) is 1. The number of hydrogen-bond donors (Lipinski definition) is 2. The first-order chi connectivity index (χ1) is 9.81. The molecule has 1 fully saturated rings. The molecule has 1 aromatic carbocycles. The van der Waals surface area contributed by atoms with Crippen LogP contribution in [0.4, 0.5) is 11.4 Å². The maximum absolute atomic E-state index is 5.89. The summed E-state index contributed by atoms with van der Waals surface area (Å²) in [5.41, 5.74) is 9.32. The van der Waals surface area contributed by atoms with E-state index in [1.807, 2.05) is 11.4 Å². The Morgan fingerprint density at radius 2 is 1.85 bits per heavy atom. The molecule has 4 heteroatoms. The molecule has 0 bridgehead atoms. The molecule has 0 atom stereocenters. The highest BCUT2D eigenvalue weighted by molar-refractivity contribution is 7.10. The number of rotatable bonds is 5. The molecule has 2 heterocycles. The minimum atomic E-state index is 0.801. The Balaban J connectivity index is 1.54. The van der Waals surface area contributed by atoms with Crippen LogP contribution in [0.2, 0.25) is 0 Å². The Bertz CT molecular complexity index is 541. The maximum atomic E-state index is 5.89. The van der Waals surface area contributed by atoms with Crippen LogP contribution in [0.1, 0.15) is 23.3 Å². The molecule has 1 aliphatic rings. The summed E-state index contributed by atoms with van der Waals surface area (Å²) in [6, 6.07) is 10.7. The Morgan fingerprint density at radius 1 is 1.10 bits per heavy atom. The van der Waals surface area contributed by atoms with Crippen molar-refractivity contribution in [3.05, 3.63) is 46.2 Å². The van der Waals surface area contributed by atoms with Crippen LogP contribution < -0.4 is 11.1 Å². The third kappa shape index (κ3) is 3.32. The van der Waals surface area contributed by atoms with E-state index in [0.717, 1.165) is 24.5 Å². The average Bonchev–Trinajstić information content (AvgIpc) is 3.10. The van der Waals surface area contributed by atoms with Crippen molar-refractivity contribution >= 4 is 22.7 Å². The smallest absolute Gasteiger partial charge is 0.0514 e. The fourth-order valence-electron chi connectivity index (χ4n) is 2.60. The van der Waals surface area contributed by atoms with Crippen molar-refractivity contribution in [1.29, 1.82) is 0 Å². The predicted molar refractivity (Wildman–Crippen MR) is 87.0 cm³/mol. The second-order valence-electron chi connectivity index (χ2n) is 5.33. The lowest BCUT2D eigenvalue weighted by atomic mass is 10.2. The van der Waals surface area contributed by atoms with Crippen LogP contribution >= 0.6 is 11.3 Å². The summed E-state index contributed by atoms with van der Waals surface area (Å²) >= 11 is 1.70. The van der Waals surface area contributed by atoms with Gasteiger partial charge in [0.2, 0.25) is 0 Å². The van der Waals surface area contributed by atoms with Gasteiger partial charge in [0.15, 0.2) is 0 Å². The zero-order valence-corrected chi connectivity index (χ0v) is 12.5. The van der Waals surface area contributed by atoms with Gasteiger partial charge in [-0.1, -0.05) is 12.1 Å². The molecule has 1 aliphatic heterocycles. The Kier molecular flexibility index (Phi) is 4.23. The molecule has 0 radical (unpaired) electrons. The van der Waals surface area contributed by atoms with E-state index >= 15 is 0 Å². The SMILES string of the molecule is Nc1ccsc1CNc1ccc(CN2CCCC2)cc1. The highest BCUT2D eigenvalue weighted by Crippen LogP contribution is 2.21. The van der Waals surface area contributed by atoms with Gasteiger partial charge in [-0.05, 0) is 55.1 Å². The van der Waals surface area contributed by atoms with Crippen LogP contribution in [-0.2, 0) is 13.1 Å². The number of nitrogens with zero attached hydrogens (tertiary/aromatic N) is 1. The van der Waals surface area contributed by atoms with Gasteiger partial charge >= 0.3 is 0 Å². The molecule has 3 rings (SSSR count). The quantitative estimate of drug-likeness (QED) is 0.884. The number of hydrogen-bond acceptors (Lipinski definition) is 4. The molecule has 0 saturated carbocycles. The molecule has 20 heavy (non-hydrogen) atoms. The van der Waals surface area contributed by atoms with Gasteiger partial charge in [-0.25, -0.2) is 0 Å². The summed E-state index contributed by atoms with van der Waals surface area (Å²) in [7, 11) is 0. The van der Waals surface area contributed by atoms with Crippen LogP contribution in [0.15, 0.2) is 35.7 Å². The summed E-state index contributed by atoms with van der Waals surface area (Å²) < 4.78 is 0. The molecule has 0 aliphatic carbocycles. The van der Waals surface area contributed by atoms with Crippen LogP contribution in [0.3, 0.4) is 0 Å². The van der Waals surface area contributed by atoms with E-state index in [0.29, 0.717) is 0 Å². The Labute approximate surface area is 124 Å². The summed E-state index contributed by atoms with van der Waals surface area (Å²) in [5.74, 6) is 0. The largest absolute Gasteiger partial charge is 0.398 e. The van der Waals surface area contributed by atoms with E-state index in [-0.39, 0.29) is 0 Å². The van der Waals surface area contributed by atoms with Gasteiger partial charge in [0.1, 0.15) is 0 Å². The van der Waals surface area contributed by atoms with Gasteiger partial charge in [0.05, 0.1) is 6.54 Å². The maximum Gasteiger partial charge on any atom is 0.0514 e.